The molecule has 0 bridgehead atoms. The van der Waals surface area contributed by atoms with Gasteiger partial charge in [-0.05, 0) is 57.7 Å². The van der Waals surface area contributed by atoms with Gasteiger partial charge in [0.05, 0.1) is 12.9 Å². The maximum absolute atomic E-state index is 12.6. The lowest BCUT2D eigenvalue weighted by atomic mass is 9.96. The number of fused-ring (bicyclic) bond motifs is 1. The molecule has 1 aromatic heterocycles. The Morgan fingerprint density at radius 1 is 1.23 bits per heavy atom. The van der Waals surface area contributed by atoms with Crippen LogP contribution in [0.1, 0.15) is 49.8 Å². The highest BCUT2D eigenvalue weighted by molar-refractivity contribution is 6.01. The fraction of sp³-hybridized carbons (Fsp3) is 0.379. The Morgan fingerprint density at radius 2 is 2.00 bits per heavy atom. The summed E-state index contributed by atoms with van der Waals surface area (Å²) in [5.74, 6) is 0.797. The van der Waals surface area contributed by atoms with Crippen molar-refractivity contribution >= 4 is 28.4 Å². The van der Waals surface area contributed by atoms with Crippen LogP contribution >= 0.6 is 0 Å². The molecule has 2 aromatic carbocycles. The van der Waals surface area contributed by atoms with Crippen LogP contribution in [0.4, 0.5) is 0 Å². The molecule has 1 aliphatic heterocycles. The number of hydrogen-bond acceptors (Lipinski definition) is 4. The van der Waals surface area contributed by atoms with Crippen LogP contribution in [0.5, 0.6) is 5.75 Å². The Morgan fingerprint density at radius 3 is 2.69 bits per heavy atom. The van der Waals surface area contributed by atoms with Crippen LogP contribution in [0, 0.1) is 13.8 Å². The van der Waals surface area contributed by atoms with Gasteiger partial charge < -0.3 is 19.4 Å². The molecule has 184 valence electrons. The van der Waals surface area contributed by atoms with Gasteiger partial charge in [-0.25, -0.2) is 0 Å². The van der Waals surface area contributed by atoms with Crippen molar-refractivity contribution in [2.75, 3.05) is 26.2 Å². The average molecular weight is 475 g/mol. The maximum Gasteiger partial charge on any atom is 0.244 e. The van der Waals surface area contributed by atoms with Gasteiger partial charge in [0.1, 0.15) is 11.3 Å². The molecule has 3 aromatic rings. The van der Waals surface area contributed by atoms with Crippen molar-refractivity contribution in [3.05, 3.63) is 59.4 Å². The van der Waals surface area contributed by atoms with E-state index in [9.17, 15) is 9.59 Å². The number of likely N-dealkylation sites (tertiary alicyclic amines) is 1. The number of carbonyl (C=O) groups is 2. The van der Waals surface area contributed by atoms with E-state index >= 15 is 0 Å². The first-order chi connectivity index (χ1) is 16.9. The second-order valence-electron chi connectivity index (χ2n) is 9.16. The molecule has 6 heteroatoms. The Kier molecular flexibility index (Phi) is 7.59. The van der Waals surface area contributed by atoms with E-state index in [0.29, 0.717) is 26.1 Å². The molecule has 2 heterocycles. The summed E-state index contributed by atoms with van der Waals surface area (Å²) in [6.45, 7) is 10.5. The molecule has 1 saturated heterocycles. The number of ether oxygens (including phenoxy) is 1. The Bertz CT molecular complexity index is 1250. The zero-order valence-corrected chi connectivity index (χ0v) is 21.1. The van der Waals surface area contributed by atoms with Crippen molar-refractivity contribution in [3.63, 3.8) is 0 Å². The van der Waals surface area contributed by atoms with Crippen molar-refractivity contribution in [1.82, 2.24) is 10.2 Å². The van der Waals surface area contributed by atoms with Gasteiger partial charge in [0.25, 0.3) is 0 Å². The van der Waals surface area contributed by atoms with Gasteiger partial charge in [-0.15, -0.1) is 0 Å². The van der Waals surface area contributed by atoms with Crippen LogP contribution in [0.3, 0.4) is 0 Å². The van der Waals surface area contributed by atoms with E-state index in [1.807, 2.05) is 25.7 Å². The molecule has 0 radical (unpaired) electrons. The van der Waals surface area contributed by atoms with Crippen LogP contribution < -0.4 is 10.1 Å². The second-order valence-corrected chi connectivity index (χ2v) is 9.16. The summed E-state index contributed by atoms with van der Waals surface area (Å²) in [6.07, 6.45) is 5.73. The third-order valence-electron chi connectivity index (χ3n) is 6.54. The average Bonchev–Trinajstić information content (AvgIpc) is 3.45. The molecule has 0 spiro atoms. The number of furan rings is 1. The first-order valence-corrected chi connectivity index (χ1v) is 12.4. The molecule has 0 saturated carbocycles. The molecule has 1 fully saturated rings. The summed E-state index contributed by atoms with van der Waals surface area (Å²) in [7, 11) is 0. The van der Waals surface area contributed by atoms with Crippen molar-refractivity contribution in [2.45, 2.75) is 47.0 Å². The number of amides is 2. The third-order valence-corrected chi connectivity index (χ3v) is 6.54. The number of allylic oxidation sites excluding steroid dienone is 1. The predicted molar refractivity (Wildman–Crippen MR) is 139 cm³/mol. The number of aryl methyl sites for hydroxylation is 2. The van der Waals surface area contributed by atoms with E-state index in [1.165, 1.54) is 5.56 Å². The summed E-state index contributed by atoms with van der Waals surface area (Å²) in [4.78, 5) is 26.2. The quantitative estimate of drug-likeness (QED) is 0.321. The van der Waals surface area contributed by atoms with Gasteiger partial charge in [-0.3, -0.25) is 9.59 Å². The first kappa shape index (κ1) is 24.6. The number of nitrogens with zero attached hydrogens (tertiary/aromatic N) is 1. The highest BCUT2D eigenvalue weighted by Gasteiger charge is 2.20. The summed E-state index contributed by atoms with van der Waals surface area (Å²) >= 11 is 0. The highest BCUT2D eigenvalue weighted by Crippen LogP contribution is 2.40. The van der Waals surface area contributed by atoms with Gasteiger partial charge in [0.15, 0.2) is 0 Å². The van der Waals surface area contributed by atoms with Crippen molar-refractivity contribution in [3.8, 4) is 16.9 Å². The molecule has 0 unspecified atom stereocenters. The standard InChI is InChI=1S/C29H34N2O4/c1-5-34-28-21(4)29-24(25(18-35-29)22-11-9-19(2)10-12-22)17-23(28)20(3)16-26(32)30-13-7-15-31-14-6-8-27(31)33/h9-12,16-18H,5-8,13-15H2,1-4H3,(H,30,32)/b20-16+. The lowest BCUT2D eigenvalue weighted by Crippen LogP contribution is -2.30. The van der Waals surface area contributed by atoms with Crippen molar-refractivity contribution in [1.29, 1.82) is 0 Å². The number of rotatable bonds is 9. The molecular formula is C29H34N2O4. The Labute approximate surface area is 206 Å². The summed E-state index contributed by atoms with van der Waals surface area (Å²) in [5, 5.41) is 3.94. The van der Waals surface area contributed by atoms with E-state index in [4.69, 9.17) is 9.15 Å². The van der Waals surface area contributed by atoms with Gasteiger partial charge in [-0.2, -0.15) is 0 Å². The van der Waals surface area contributed by atoms with Gasteiger partial charge in [0, 0.05) is 54.2 Å². The number of hydrogen-bond donors (Lipinski definition) is 1. The van der Waals surface area contributed by atoms with Crippen LogP contribution in [0.2, 0.25) is 0 Å². The van der Waals surface area contributed by atoms with Gasteiger partial charge >= 0.3 is 0 Å². The van der Waals surface area contributed by atoms with Crippen LogP contribution in [-0.4, -0.2) is 43.0 Å². The highest BCUT2D eigenvalue weighted by atomic mass is 16.5. The van der Waals surface area contributed by atoms with E-state index in [0.717, 1.165) is 63.9 Å². The smallest absolute Gasteiger partial charge is 0.244 e. The summed E-state index contributed by atoms with van der Waals surface area (Å²) < 4.78 is 12.0. The zero-order valence-electron chi connectivity index (χ0n) is 21.1. The molecule has 2 amide bonds. The summed E-state index contributed by atoms with van der Waals surface area (Å²) in [6, 6.07) is 10.4. The number of benzene rings is 2. The predicted octanol–water partition coefficient (Wildman–Crippen LogP) is 5.65. The zero-order chi connectivity index (χ0) is 24.9. The Balaban J connectivity index is 1.57. The molecule has 4 rings (SSSR count). The van der Waals surface area contributed by atoms with Crippen molar-refractivity contribution < 1.29 is 18.7 Å². The molecule has 1 N–H and O–H groups in total. The largest absolute Gasteiger partial charge is 0.493 e. The molecule has 1 aliphatic rings. The van der Waals surface area contributed by atoms with Crippen LogP contribution in [-0.2, 0) is 9.59 Å². The topological polar surface area (TPSA) is 71.8 Å². The molecule has 6 nitrogen and oxygen atoms in total. The van der Waals surface area contributed by atoms with E-state index < -0.39 is 0 Å². The van der Waals surface area contributed by atoms with Crippen LogP contribution in [0.15, 0.2) is 47.1 Å². The minimum atomic E-state index is -0.151. The lowest BCUT2D eigenvalue weighted by molar-refractivity contribution is -0.127. The normalized spacial score (nSPS) is 14.1. The minimum absolute atomic E-state index is 0.151. The van der Waals surface area contributed by atoms with E-state index in [1.54, 1.807) is 12.3 Å². The third kappa shape index (κ3) is 5.42. The lowest BCUT2D eigenvalue weighted by Gasteiger charge is -2.16. The van der Waals surface area contributed by atoms with Crippen LogP contribution in [0.25, 0.3) is 27.7 Å². The van der Waals surface area contributed by atoms with E-state index in [2.05, 4.69) is 42.6 Å². The Hall–Kier alpha value is -3.54. The van der Waals surface area contributed by atoms with Gasteiger partial charge in [-0.1, -0.05) is 29.8 Å². The fourth-order valence-corrected chi connectivity index (χ4v) is 4.64. The molecule has 0 aliphatic carbocycles. The monoisotopic (exact) mass is 474 g/mol. The van der Waals surface area contributed by atoms with E-state index in [-0.39, 0.29) is 11.8 Å². The fourth-order valence-electron chi connectivity index (χ4n) is 4.64. The first-order valence-electron chi connectivity index (χ1n) is 12.4. The van der Waals surface area contributed by atoms with Crippen molar-refractivity contribution in [2.24, 2.45) is 0 Å². The van der Waals surface area contributed by atoms with Gasteiger partial charge in [0.2, 0.25) is 11.8 Å². The number of nitrogens with one attached hydrogen (secondary N) is 1. The second kappa shape index (κ2) is 10.8. The maximum atomic E-state index is 12.6. The molecule has 0 atom stereocenters. The molecular weight excluding hydrogens is 440 g/mol. The SMILES string of the molecule is CCOc1c(/C(C)=C/C(=O)NCCCN2CCCC2=O)cc2c(-c3ccc(C)cc3)coc2c1C. The minimum Gasteiger partial charge on any atom is -0.493 e. The molecule has 35 heavy (non-hydrogen) atoms. The summed E-state index contributed by atoms with van der Waals surface area (Å²) in [5.41, 5.74) is 6.71. The number of carbonyl (C=O) groups excluding carboxylic acids is 2.